The Bertz CT molecular complexity index is 447. The van der Waals surface area contributed by atoms with Crippen LogP contribution in [0.25, 0.3) is 0 Å². The molecule has 0 aromatic carbocycles. The van der Waals surface area contributed by atoms with Crippen molar-refractivity contribution in [3.63, 3.8) is 0 Å². The Morgan fingerprint density at radius 2 is 2.20 bits per heavy atom. The Balaban J connectivity index is 3.10. The molecule has 6 heteroatoms. The molecule has 0 atom stereocenters. The number of hydrogen-bond donors (Lipinski definition) is 0. The molecule has 0 aliphatic carbocycles. The van der Waals surface area contributed by atoms with Crippen LogP contribution in [-0.4, -0.2) is 25.0 Å². The third-order valence-electron chi connectivity index (χ3n) is 1.89. The first-order valence-corrected chi connectivity index (χ1v) is 7.37. The van der Waals surface area contributed by atoms with Crippen LogP contribution in [0.15, 0.2) is 21.8 Å². The van der Waals surface area contributed by atoms with E-state index in [4.69, 9.17) is 11.6 Å². The number of rotatable bonds is 4. The third-order valence-corrected chi connectivity index (χ3v) is 5.15. The Kier molecular flexibility index (Phi) is 4.55. The Morgan fingerprint density at radius 1 is 1.53 bits per heavy atom. The monoisotopic (exact) mass is 311 g/mol. The molecule has 1 rings (SSSR count). The molecule has 15 heavy (non-hydrogen) atoms. The lowest BCUT2D eigenvalue weighted by Gasteiger charge is -2.06. The van der Waals surface area contributed by atoms with Gasteiger partial charge in [-0.05, 0) is 40.9 Å². The van der Waals surface area contributed by atoms with Gasteiger partial charge in [-0.2, -0.15) is 0 Å². The van der Waals surface area contributed by atoms with E-state index in [2.05, 4.69) is 20.9 Å². The van der Waals surface area contributed by atoms with Crippen molar-refractivity contribution in [3.8, 4) is 0 Å². The van der Waals surface area contributed by atoms with Crippen LogP contribution in [0.5, 0.6) is 0 Å². The van der Waals surface area contributed by atoms with Crippen molar-refractivity contribution >= 4 is 37.4 Å². The summed E-state index contributed by atoms with van der Waals surface area (Å²) in [4.78, 5) is 3.89. The van der Waals surface area contributed by atoms with Crippen molar-refractivity contribution in [2.45, 2.75) is 18.4 Å². The Hall–Kier alpha value is -0.130. The van der Waals surface area contributed by atoms with E-state index >= 15 is 0 Å². The standard InChI is InChI=1S/C9H11BrClNO2S/c1-7-3-5-12-9(8(7)10)15(13,14)6-2-4-11/h3,5H,2,4,6H2,1H3. The summed E-state index contributed by atoms with van der Waals surface area (Å²) in [6, 6.07) is 1.75. The highest BCUT2D eigenvalue weighted by Gasteiger charge is 2.19. The zero-order valence-electron chi connectivity index (χ0n) is 8.20. The molecule has 0 saturated heterocycles. The fourth-order valence-electron chi connectivity index (χ4n) is 1.07. The topological polar surface area (TPSA) is 47.0 Å². The first-order chi connectivity index (χ1) is 6.99. The summed E-state index contributed by atoms with van der Waals surface area (Å²) < 4.78 is 24.2. The van der Waals surface area contributed by atoms with Crippen LogP contribution in [0.3, 0.4) is 0 Å². The molecule has 0 fully saturated rings. The van der Waals surface area contributed by atoms with Gasteiger partial charge in [0.2, 0.25) is 0 Å². The average Bonchev–Trinajstić information content (AvgIpc) is 2.19. The van der Waals surface area contributed by atoms with E-state index in [1.54, 1.807) is 6.07 Å². The van der Waals surface area contributed by atoms with Gasteiger partial charge >= 0.3 is 0 Å². The van der Waals surface area contributed by atoms with Crippen LogP contribution >= 0.6 is 27.5 Å². The van der Waals surface area contributed by atoms with Gasteiger partial charge in [0.1, 0.15) is 0 Å². The summed E-state index contributed by atoms with van der Waals surface area (Å²) in [5, 5.41) is 0.104. The van der Waals surface area contributed by atoms with Crippen molar-refractivity contribution in [2.24, 2.45) is 0 Å². The first kappa shape index (κ1) is 12.9. The summed E-state index contributed by atoms with van der Waals surface area (Å²) in [7, 11) is -3.32. The second-order valence-corrected chi connectivity index (χ2v) is 6.30. The molecule has 0 unspecified atom stereocenters. The molecule has 84 valence electrons. The maximum Gasteiger partial charge on any atom is 0.196 e. The summed E-state index contributed by atoms with van der Waals surface area (Å²) in [5.74, 6) is 0.369. The van der Waals surface area contributed by atoms with E-state index in [9.17, 15) is 8.42 Å². The van der Waals surface area contributed by atoms with E-state index in [0.717, 1.165) is 5.56 Å². The van der Waals surface area contributed by atoms with Crippen molar-refractivity contribution in [2.75, 3.05) is 11.6 Å². The number of pyridine rings is 1. The smallest absolute Gasteiger partial charge is 0.196 e. The number of hydrogen-bond acceptors (Lipinski definition) is 3. The van der Waals surface area contributed by atoms with Crippen LogP contribution in [0.1, 0.15) is 12.0 Å². The van der Waals surface area contributed by atoms with Gasteiger partial charge in [-0.15, -0.1) is 11.6 Å². The minimum atomic E-state index is -3.32. The number of sulfone groups is 1. The van der Waals surface area contributed by atoms with Crippen molar-refractivity contribution in [1.82, 2.24) is 4.98 Å². The maximum absolute atomic E-state index is 11.8. The summed E-state index contributed by atoms with van der Waals surface area (Å²) in [6.45, 7) is 1.83. The summed E-state index contributed by atoms with van der Waals surface area (Å²) in [6.07, 6.45) is 1.93. The average molecular weight is 313 g/mol. The van der Waals surface area contributed by atoms with Crippen LogP contribution in [0, 0.1) is 6.92 Å². The number of aromatic nitrogens is 1. The number of nitrogens with zero attached hydrogens (tertiary/aromatic N) is 1. The van der Waals surface area contributed by atoms with Gasteiger partial charge < -0.3 is 0 Å². The first-order valence-electron chi connectivity index (χ1n) is 4.39. The van der Waals surface area contributed by atoms with E-state index in [1.165, 1.54) is 6.20 Å². The SMILES string of the molecule is Cc1ccnc(S(=O)(=O)CCCCl)c1Br. The molecule has 0 spiro atoms. The zero-order valence-corrected chi connectivity index (χ0v) is 11.4. The highest BCUT2D eigenvalue weighted by molar-refractivity contribution is 9.10. The fraction of sp³-hybridized carbons (Fsp3) is 0.444. The highest BCUT2D eigenvalue weighted by Crippen LogP contribution is 2.24. The number of alkyl halides is 1. The molecule has 0 aliphatic rings. The summed E-state index contributed by atoms with van der Waals surface area (Å²) in [5.41, 5.74) is 0.856. The molecule has 0 N–H and O–H groups in total. The minimum absolute atomic E-state index is 0.0333. The second kappa shape index (κ2) is 5.27. The molecule has 0 aliphatic heterocycles. The van der Waals surface area contributed by atoms with Gasteiger partial charge in [0.25, 0.3) is 0 Å². The van der Waals surface area contributed by atoms with Gasteiger partial charge in [0.15, 0.2) is 14.9 Å². The molecule has 3 nitrogen and oxygen atoms in total. The lowest BCUT2D eigenvalue weighted by Crippen LogP contribution is -2.10. The predicted molar refractivity (Wildman–Crippen MR) is 64.1 cm³/mol. The van der Waals surface area contributed by atoms with Crippen molar-refractivity contribution in [3.05, 3.63) is 22.3 Å². The largest absolute Gasteiger partial charge is 0.244 e. The van der Waals surface area contributed by atoms with E-state index < -0.39 is 9.84 Å². The van der Waals surface area contributed by atoms with Crippen LogP contribution in [0.2, 0.25) is 0 Å². The molecular formula is C9H11BrClNO2S. The van der Waals surface area contributed by atoms with Gasteiger partial charge in [0, 0.05) is 12.1 Å². The summed E-state index contributed by atoms with van der Waals surface area (Å²) >= 11 is 8.70. The molecule has 0 bridgehead atoms. The highest BCUT2D eigenvalue weighted by atomic mass is 79.9. The van der Waals surface area contributed by atoms with E-state index in [1.807, 2.05) is 6.92 Å². The molecular weight excluding hydrogens is 302 g/mol. The van der Waals surface area contributed by atoms with Crippen LogP contribution in [-0.2, 0) is 9.84 Å². The van der Waals surface area contributed by atoms with Crippen LogP contribution in [0.4, 0.5) is 0 Å². The zero-order chi connectivity index (χ0) is 11.5. The van der Waals surface area contributed by atoms with Crippen molar-refractivity contribution in [1.29, 1.82) is 0 Å². The van der Waals surface area contributed by atoms with Gasteiger partial charge in [-0.1, -0.05) is 0 Å². The van der Waals surface area contributed by atoms with Gasteiger partial charge in [-0.3, -0.25) is 0 Å². The molecule has 0 amide bonds. The molecule has 1 aromatic rings. The molecule has 0 radical (unpaired) electrons. The molecule has 1 heterocycles. The Labute approximate surface area is 103 Å². The lowest BCUT2D eigenvalue weighted by molar-refractivity contribution is 0.590. The molecule has 0 saturated carbocycles. The van der Waals surface area contributed by atoms with Crippen LogP contribution < -0.4 is 0 Å². The lowest BCUT2D eigenvalue weighted by atomic mass is 10.3. The predicted octanol–water partition coefficient (Wildman–Crippen LogP) is 2.56. The van der Waals surface area contributed by atoms with Crippen molar-refractivity contribution < 1.29 is 8.42 Å². The quantitative estimate of drug-likeness (QED) is 0.803. The van der Waals surface area contributed by atoms with Gasteiger partial charge in [0.05, 0.1) is 10.2 Å². The maximum atomic E-state index is 11.8. The third kappa shape index (κ3) is 3.16. The fourth-order valence-corrected chi connectivity index (χ4v) is 3.71. The van der Waals surface area contributed by atoms with E-state index in [0.29, 0.717) is 16.8 Å². The van der Waals surface area contributed by atoms with Gasteiger partial charge in [-0.25, -0.2) is 13.4 Å². The number of aryl methyl sites for hydroxylation is 1. The number of halogens is 2. The second-order valence-electron chi connectivity index (χ2n) is 3.11. The minimum Gasteiger partial charge on any atom is -0.244 e. The van der Waals surface area contributed by atoms with E-state index in [-0.39, 0.29) is 10.8 Å². The Morgan fingerprint density at radius 3 is 2.80 bits per heavy atom. The molecule has 1 aromatic heterocycles. The normalized spacial score (nSPS) is 11.7.